The highest BCUT2D eigenvalue weighted by Crippen LogP contribution is 2.25. The lowest BCUT2D eigenvalue weighted by Crippen LogP contribution is -2.00. The third-order valence-corrected chi connectivity index (χ3v) is 3.19. The Bertz CT molecular complexity index is 244. The maximum absolute atomic E-state index is 3.89. The van der Waals surface area contributed by atoms with E-state index in [-0.39, 0.29) is 0 Å². The second-order valence-corrected chi connectivity index (χ2v) is 4.60. The molecule has 1 heterocycles. The minimum atomic E-state index is 0.645. The zero-order chi connectivity index (χ0) is 11.6. The molecule has 0 fully saturated rings. The number of nitrogens with zero attached hydrogens (tertiary/aromatic N) is 2. The van der Waals surface area contributed by atoms with Crippen LogP contribution in [0.15, 0.2) is 6.20 Å². The summed E-state index contributed by atoms with van der Waals surface area (Å²) >= 11 is 0. The number of H-pyrrole nitrogens is 1. The van der Waals surface area contributed by atoms with Crippen LogP contribution in [0.4, 0.5) is 0 Å². The number of nitrogens with one attached hydrogen (secondary N) is 1. The Morgan fingerprint density at radius 3 is 2.44 bits per heavy atom. The van der Waals surface area contributed by atoms with E-state index in [0.717, 1.165) is 0 Å². The first-order valence-electron chi connectivity index (χ1n) is 6.74. The molecule has 0 radical (unpaired) electrons. The highest BCUT2D eigenvalue weighted by molar-refractivity contribution is 5.00. The second kappa shape index (κ2) is 8.31. The Balaban J connectivity index is 2.32. The second-order valence-electron chi connectivity index (χ2n) is 4.60. The molecule has 1 aromatic heterocycles. The van der Waals surface area contributed by atoms with Gasteiger partial charge < -0.3 is 0 Å². The predicted molar refractivity (Wildman–Crippen MR) is 67.4 cm³/mol. The topological polar surface area (TPSA) is 41.6 Å². The van der Waals surface area contributed by atoms with Gasteiger partial charge in [-0.05, 0) is 12.8 Å². The van der Waals surface area contributed by atoms with Gasteiger partial charge in [-0.3, -0.25) is 5.10 Å². The van der Waals surface area contributed by atoms with Crippen molar-refractivity contribution in [2.24, 2.45) is 0 Å². The summed E-state index contributed by atoms with van der Waals surface area (Å²) in [6, 6.07) is 0. The zero-order valence-corrected chi connectivity index (χ0v) is 10.7. The lowest BCUT2D eigenvalue weighted by Gasteiger charge is -2.13. The molecule has 0 bridgehead atoms. The van der Waals surface area contributed by atoms with E-state index in [1.807, 2.05) is 6.20 Å². The van der Waals surface area contributed by atoms with E-state index in [4.69, 9.17) is 0 Å². The molecule has 0 saturated carbocycles. The number of hydrogen-bond donors (Lipinski definition) is 1. The number of hydrogen-bond acceptors (Lipinski definition) is 2. The van der Waals surface area contributed by atoms with Crippen LogP contribution in [0.25, 0.3) is 0 Å². The average Bonchev–Trinajstić information content (AvgIpc) is 2.82. The van der Waals surface area contributed by atoms with Crippen molar-refractivity contribution in [3.63, 3.8) is 0 Å². The fourth-order valence-electron chi connectivity index (χ4n) is 2.13. The van der Waals surface area contributed by atoms with Crippen molar-refractivity contribution in [1.29, 1.82) is 0 Å². The highest BCUT2D eigenvalue weighted by atomic mass is 15.3. The van der Waals surface area contributed by atoms with Crippen LogP contribution in [0, 0.1) is 0 Å². The van der Waals surface area contributed by atoms with E-state index >= 15 is 0 Å². The summed E-state index contributed by atoms with van der Waals surface area (Å²) in [4.78, 5) is 0. The van der Waals surface area contributed by atoms with Gasteiger partial charge in [0.1, 0.15) is 0 Å². The number of aromatic nitrogens is 3. The minimum Gasteiger partial charge on any atom is -0.262 e. The van der Waals surface area contributed by atoms with Crippen LogP contribution in [-0.2, 0) is 0 Å². The van der Waals surface area contributed by atoms with Gasteiger partial charge in [-0.25, -0.2) is 0 Å². The van der Waals surface area contributed by atoms with Gasteiger partial charge >= 0.3 is 0 Å². The normalized spacial score (nSPS) is 12.9. The SMILES string of the molecule is CCCCCCC(CCCC)c1cnn[nH]1. The first-order valence-corrected chi connectivity index (χ1v) is 6.74. The Morgan fingerprint density at radius 2 is 1.81 bits per heavy atom. The summed E-state index contributed by atoms with van der Waals surface area (Å²) in [5.74, 6) is 0.645. The molecule has 0 aromatic carbocycles. The van der Waals surface area contributed by atoms with E-state index in [9.17, 15) is 0 Å². The van der Waals surface area contributed by atoms with Gasteiger partial charge in [0, 0.05) is 5.92 Å². The van der Waals surface area contributed by atoms with Crippen molar-refractivity contribution < 1.29 is 0 Å². The van der Waals surface area contributed by atoms with E-state index < -0.39 is 0 Å². The molecular formula is C13H25N3. The molecule has 16 heavy (non-hydrogen) atoms. The minimum absolute atomic E-state index is 0.645. The molecule has 0 amide bonds. The Kier molecular flexibility index (Phi) is 6.86. The van der Waals surface area contributed by atoms with Crippen LogP contribution < -0.4 is 0 Å². The number of unbranched alkanes of at least 4 members (excludes halogenated alkanes) is 4. The van der Waals surface area contributed by atoms with Gasteiger partial charge in [0.15, 0.2) is 0 Å². The quantitative estimate of drug-likeness (QED) is 0.642. The molecule has 0 aliphatic rings. The molecule has 1 N–H and O–H groups in total. The van der Waals surface area contributed by atoms with E-state index in [1.165, 1.54) is 57.1 Å². The average molecular weight is 223 g/mol. The van der Waals surface area contributed by atoms with Crippen LogP contribution in [0.2, 0.25) is 0 Å². The summed E-state index contributed by atoms with van der Waals surface area (Å²) < 4.78 is 0. The van der Waals surface area contributed by atoms with Crippen LogP contribution in [-0.4, -0.2) is 15.4 Å². The van der Waals surface area contributed by atoms with Crippen molar-refractivity contribution in [3.05, 3.63) is 11.9 Å². The maximum atomic E-state index is 3.89. The molecule has 0 aliphatic heterocycles. The number of rotatable bonds is 9. The van der Waals surface area contributed by atoms with E-state index in [2.05, 4.69) is 29.3 Å². The smallest absolute Gasteiger partial charge is 0.0725 e. The van der Waals surface area contributed by atoms with Gasteiger partial charge in [-0.2, -0.15) is 0 Å². The van der Waals surface area contributed by atoms with Crippen molar-refractivity contribution in [2.75, 3.05) is 0 Å². The molecule has 1 unspecified atom stereocenters. The van der Waals surface area contributed by atoms with Crippen molar-refractivity contribution in [2.45, 2.75) is 71.1 Å². The molecule has 0 spiro atoms. The monoisotopic (exact) mass is 223 g/mol. The largest absolute Gasteiger partial charge is 0.262 e. The summed E-state index contributed by atoms with van der Waals surface area (Å²) in [5.41, 5.74) is 1.23. The molecule has 1 atom stereocenters. The molecule has 0 aliphatic carbocycles. The predicted octanol–water partition coefficient (Wildman–Crippen LogP) is 4.05. The van der Waals surface area contributed by atoms with Crippen LogP contribution >= 0.6 is 0 Å². The first-order chi connectivity index (χ1) is 7.88. The molecular weight excluding hydrogens is 198 g/mol. The fraction of sp³-hybridized carbons (Fsp3) is 0.846. The van der Waals surface area contributed by atoms with Crippen molar-refractivity contribution in [3.8, 4) is 0 Å². The molecule has 0 saturated heterocycles. The molecule has 3 nitrogen and oxygen atoms in total. The lowest BCUT2D eigenvalue weighted by molar-refractivity contribution is 0.499. The molecule has 1 rings (SSSR count). The van der Waals surface area contributed by atoms with Gasteiger partial charge in [-0.15, -0.1) is 5.10 Å². The summed E-state index contributed by atoms with van der Waals surface area (Å²) in [6.45, 7) is 4.51. The standard InChI is InChI=1S/C13H25N3/c1-3-5-7-8-10-12(9-6-4-2)13-11-14-16-15-13/h11-12H,3-10H2,1-2H3,(H,14,15,16). The summed E-state index contributed by atoms with van der Waals surface area (Å²) in [6.07, 6.45) is 12.4. The first kappa shape index (κ1) is 13.2. The Morgan fingerprint density at radius 1 is 1.06 bits per heavy atom. The van der Waals surface area contributed by atoms with Gasteiger partial charge in [0.05, 0.1) is 11.9 Å². The molecule has 3 heteroatoms. The van der Waals surface area contributed by atoms with E-state index in [0.29, 0.717) is 5.92 Å². The van der Waals surface area contributed by atoms with E-state index in [1.54, 1.807) is 0 Å². The van der Waals surface area contributed by atoms with Crippen molar-refractivity contribution in [1.82, 2.24) is 15.4 Å². The Hall–Kier alpha value is -0.860. The lowest BCUT2D eigenvalue weighted by atomic mass is 9.93. The van der Waals surface area contributed by atoms with Crippen LogP contribution in [0.5, 0.6) is 0 Å². The fourth-order valence-corrected chi connectivity index (χ4v) is 2.13. The van der Waals surface area contributed by atoms with Crippen molar-refractivity contribution >= 4 is 0 Å². The van der Waals surface area contributed by atoms with Crippen LogP contribution in [0.1, 0.15) is 76.8 Å². The maximum Gasteiger partial charge on any atom is 0.0725 e. The molecule has 1 aromatic rings. The highest BCUT2D eigenvalue weighted by Gasteiger charge is 2.12. The zero-order valence-electron chi connectivity index (χ0n) is 10.7. The van der Waals surface area contributed by atoms with Gasteiger partial charge in [-0.1, -0.05) is 57.6 Å². The summed E-state index contributed by atoms with van der Waals surface area (Å²) in [7, 11) is 0. The Labute approximate surface area is 99.0 Å². The van der Waals surface area contributed by atoms with Gasteiger partial charge in [0.2, 0.25) is 0 Å². The third-order valence-electron chi connectivity index (χ3n) is 3.19. The number of aromatic amines is 1. The third kappa shape index (κ3) is 4.77. The summed E-state index contributed by atoms with van der Waals surface area (Å²) in [5, 5.41) is 10.7. The molecule has 92 valence electrons. The van der Waals surface area contributed by atoms with Crippen LogP contribution in [0.3, 0.4) is 0 Å². The van der Waals surface area contributed by atoms with Gasteiger partial charge in [0.25, 0.3) is 0 Å².